The first-order valence-corrected chi connectivity index (χ1v) is 12.4. The topological polar surface area (TPSA) is 82.6 Å². The number of amides is 1. The first-order chi connectivity index (χ1) is 15.9. The van der Waals surface area contributed by atoms with Crippen LogP contribution < -0.4 is 5.32 Å². The van der Waals surface area contributed by atoms with Gasteiger partial charge in [-0.25, -0.2) is 8.42 Å². The molecule has 8 heteroatoms. The third-order valence-corrected chi connectivity index (χ3v) is 7.65. The van der Waals surface area contributed by atoms with Crippen molar-refractivity contribution in [2.75, 3.05) is 39.8 Å². The number of likely N-dealkylation sites (N-methyl/N-ethyl adjacent to an activating group) is 1. The summed E-state index contributed by atoms with van der Waals surface area (Å²) in [6, 6.07) is 20.0. The molecule has 0 radical (unpaired) electrons. The molecule has 0 spiro atoms. The minimum Gasteiger partial charge on any atom is -0.352 e. The predicted molar refractivity (Wildman–Crippen MR) is 128 cm³/mol. The van der Waals surface area contributed by atoms with Gasteiger partial charge in [0.1, 0.15) is 0 Å². The molecule has 2 heterocycles. The molecule has 0 aliphatic carbocycles. The van der Waals surface area contributed by atoms with Gasteiger partial charge in [0.25, 0.3) is 5.91 Å². The van der Waals surface area contributed by atoms with Crippen molar-refractivity contribution < 1.29 is 13.2 Å². The molecule has 33 heavy (non-hydrogen) atoms. The SMILES string of the molecule is CN1CCN(S(=O)(=O)c2cc(C(=O)NCCc3ccccn3)cc(-c3ccccc3)c2)CC1. The highest BCUT2D eigenvalue weighted by molar-refractivity contribution is 7.89. The van der Waals surface area contributed by atoms with E-state index in [-0.39, 0.29) is 10.8 Å². The molecule has 1 saturated heterocycles. The van der Waals surface area contributed by atoms with E-state index in [1.165, 1.54) is 10.4 Å². The zero-order valence-electron chi connectivity index (χ0n) is 18.6. The molecule has 4 rings (SSSR count). The Labute approximate surface area is 195 Å². The molecule has 172 valence electrons. The summed E-state index contributed by atoms with van der Waals surface area (Å²) < 4.78 is 28.3. The highest BCUT2D eigenvalue weighted by atomic mass is 32.2. The number of nitrogens with zero attached hydrogens (tertiary/aromatic N) is 3. The van der Waals surface area contributed by atoms with Gasteiger partial charge in [0.05, 0.1) is 4.90 Å². The maximum absolute atomic E-state index is 13.4. The average Bonchev–Trinajstić information content (AvgIpc) is 2.85. The molecule has 3 aromatic rings. The van der Waals surface area contributed by atoms with Gasteiger partial charge in [-0.1, -0.05) is 36.4 Å². The molecule has 1 aliphatic heterocycles. The summed E-state index contributed by atoms with van der Waals surface area (Å²) in [5.41, 5.74) is 2.76. The van der Waals surface area contributed by atoms with Crippen molar-refractivity contribution in [3.8, 4) is 11.1 Å². The second-order valence-electron chi connectivity index (χ2n) is 8.15. The molecule has 1 fully saturated rings. The second kappa shape index (κ2) is 10.2. The standard InChI is InChI=1S/C25H28N4O3S/c1-28-13-15-29(16-14-28)33(31,32)24-18-21(20-7-3-2-4-8-20)17-22(19-24)25(30)27-12-10-23-9-5-6-11-26-23/h2-9,11,17-19H,10,12-16H2,1H3,(H,27,30). The van der Waals surface area contributed by atoms with Crippen molar-refractivity contribution in [1.29, 1.82) is 0 Å². The summed E-state index contributed by atoms with van der Waals surface area (Å²) in [5.74, 6) is -0.307. The van der Waals surface area contributed by atoms with E-state index in [0.29, 0.717) is 50.3 Å². The van der Waals surface area contributed by atoms with Gasteiger partial charge < -0.3 is 10.2 Å². The molecule has 7 nitrogen and oxygen atoms in total. The fourth-order valence-electron chi connectivity index (χ4n) is 3.81. The molecule has 1 aromatic heterocycles. The van der Waals surface area contributed by atoms with Crippen LogP contribution in [0.1, 0.15) is 16.1 Å². The second-order valence-corrected chi connectivity index (χ2v) is 10.1. The van der Waals surface area contributed by atoms with Gasteiger partial charge >= 0.3 is 0 Å². The number of nitrogens with one attached hydrogen (secondary N) is 1. The Hall–Kier alpha value is -3.07. The normalized spacial score (nSPS) is 15.3. The van der Waals surface area contributed by atoms with Crippen molar-refractivity contribution in [3.05, 3.63) is 84.2 Å². The molecule has 1 amide bonds. The highest BCUT2D eigenvalue weighted by Gasteiger charge is 2.28. The first-order valence-electron chi connectivity index (χ1n) is 11.0. The Bertz CT molecular complexity index is 1190. The number of aromatic nitrogens is 1. The van der Waals surface area contributed by atoms with E-state index >= 15 is 0 Å². The maximum Gasteiger partial charge on any atom is 0.251 e. The van der Waals surface area contributed by atoms with E-state index in [0.717, 1.165) is 11.3 Å². The molecule has 0 atom stereocenters. The van der Waals surface area contributed by atoms with E-state index in [4.69, 9.17) is 0 Å². The summed E-state index contributed by atoms with van der Waals surface area (Å²) in [5, 5.41) is 2.90. The third-order valence-electron chi connectivity index (χ3n) is 5.77. The number of rotatable bonds is 7. The van der Waals surface area contributed by atoms with Crippen molar-refractivity contribution >= 4 is 15.9 Å². The number of hydrogen-bond acceptors (Lipinski definition) is 5. The lowest BCUT2D eigenvalue weighted by Crippen LogP contribution is -2.47. The van der Waals surface area contributed by atoms with Gasteiger partial charge in [-0.05, 0) is 48.5 Å². The number of carbonyl (C=O) groups excluding carboxylic acids is 1. The van der Waals surface area contributed by atoms with Crippen molar-refractivity contribution in [1.82, 2.24) is 19.5 Å². The summed E-state index contributed by atoms with van der Waals surface area (Å²) in [6.07, 6.45) is 2.31. The smallest absolute Gasteiger partial charge is 0.251 e. The molecule has 0 saturated carbocycles. The van der Waals surface area contributed by atoms with Crippen LogP contribution >= 0.6 is 0 Å². The Morgan fingerprint density at radius 3 is 2.36 bits per heavy atom. The van der Waals surface area contributed by atoms with Crippen LogP contribution in [0.5, 0.6) is 0 Å². The van der Waals surface area contributed by atoms with Gasteiger partial charge in [-0.3, -0.25) is 9.78 Å². The van der Waals surface area contributed by atoms with Crippen LogP contribution in [-0.2, 0) is 16.4 Å². The van der Waals surface area contributed by atoms with Crippen LogP contribution in [0.4, 0.5) is 0 Å². The van der Waals surface area contributed by atoms with Crippen LogP contribution in [0, 0.1) is 0 Å². The van der Waals surface area contributed by atoms with Crippen molar-refractivity contribution in [2.45, 2.75) is 11.3 Å². The van der Waals surface area contributed by atoms with Gasteiger partial charge in [-0.2, -0.15) is 4.31 Å². The van der Waals surface area contributed by atoms with E-state index in [1.807, 2.05) is 55.6 Å². The van der Waals surface area contributed by atoms with Gasteiger partial charge in [-0.15, -0.1) is 0 Å². The van der Waals surface area contributed by atoms with Crippen LogP contribution in [0.2, 0.25) is 0 Å². The number of pyridine rings is 1. The number of piperazine rings is 1. The van der Waals surface area contributed by atoms with Crippen LogP contribution in [-0.4, -0.2) is 68.3 Å². The fraction of sp³-hybridized carbons (Fsp3) is 0.280. The molecule has 0 bridgehead atoms. The molecule has 2 aromatic carbocycles. The molecule has 1 aliphatic rings. The summed E-state index contributed by atoms with van der Waals surface area (Å²) in [6.45, 7) is 2.63. The molecule has 1 N–H and O–H groups in total. The number of benzene rings is 2. The molecule has 0 unspecified atom stereocenters. The number of carbonyl (C=O) groups is 1. The predicted octanol–water partition coefficient (Wildman–Crippen LogP) is 2.66. The zero-order chi connectivity index (χ0) is 23.3. The highest BCUT2D eigenvalue weighted by Crippen LogP contribution is 2.27. The fourth-order valence-corrected chi connectivity index (χ4v) is 5.30. The van der Waals surface area contributed by atoms with Crippen LogP contribution in [0.25, 0.3) is 11.1 Å². The minimum atomic E-state index is -3.72. The molecular formula is C25H28N4O3S. The Morgan fingerprint density at radius 1 is 0.939 bits per heavy atom. The van der Waals surface area contributed by atoms with E-state index in [2.05, 4.69) is 15.2 Å². The monoisotopic (exact) mass is 464 g/mol. The zero-order valence-corrected chi connectivity index (χ0v) is 19.5. The van der Waals surface area contributed by atoms with Gasteiger partial charge in [0.2, 0.25) is 10.0 Å². The quantitative estimate of drug-likeness (QED) is 0.581. The maximum atomic E-state index is 13.4. The summed E-state index contributed by atoms with van der Waals surface area (Å²) in [4.78, 5) is 19.5. The average molecular weight is 465 g/mol. The Morgan fingerprint density at radius 2 is 1.67 bits per heavy atom. The van der Waals surface area contributed by atoms with E-state index < -0.39 is 10.0 Å². The van der Waals surface area contributed by atoms with Crippen molar-refractivity contribution in [2.24, 2.45) is 0 Å². The number of sulfonamides is 1. The molecular weight excluding hydrogens is 436 g/mol. The number of hydrogen-bond donors (Lipinski definition) is 1. The third kappa shape index (κ3) is 5.65. The van der Waals surface area contributed by atoms with Crippen LogP contribution in [0.15, 0.2) is 77.8 Å². The lowest BCUT2D eigenvalue weighted by atomic mass is 10.0. The first kappa shape index (κ1) is 23.1. The van der Waals surface area contributed by atoms with Crippen molar-refractivity contribution in [3.63, 3.8) is 0 Å². The van der Waals surface area contributed by atoms with Crippen LogP contribution in [0.3, 0.4) is 0 Å². The van der Waals surface area contributed by atoms with Gasteiger partial charge in [0.15, 0.2) is 0 Å². The largest absolute Gasteiger partial charge is 0.352 e. The van der Waals surface area contributed by atoms with Gasteiger partial charge in [0, 0.05) is 56.6 Å². The Balaban J connectivity index is 1.61. The lowest BCUT2D eigenvalue weighted by Gasteiger charge is -2.31. The van der Waals surface area contributed by atoms with E-state index in [1.54, 1.807) is 18.3 Å². The summed E-state index contributed by atoms with van der Waals surface area (Å²) >= 11 is 0. The Kier molecular flexibility index (Phi) is 7.17. The minimum absolute atomic E-state index is 0.142. The van der Waals surface area contributed by atoms with E-state index in [9.17, 15) is 13.2 Å². The lowest BCUT2D eigenvalue weighted by molar-refractivity contribution is 0.0954. The summed E-state index contributed by atoms with van der Waals surface area (Å²) in [7, 11) is -1.74.